The summed E-state index contributed by atoms with van der Waals surface area (Å²) in [5, 5.41) is 1.43. The zero-order valence-corrected chi connectivity index (χ0v) is 12.3. The normalized spacial score (nSPS) is 11.1. The maximum atomic E-state index is 12.7. The molecule has 0 aliphatic carbocycles. The molecule has 0 fully saturated rings. The smallest absolute Gasteiger partial charge is 0.355 e. The maximum absolute atomic E-state index is 12.7. The first kappa shape index (κ1) is 14.3. The quantitative estimate of drug-likeness (QED) is 0.807. The third kappa shape index (κ3) is 2.33. The van der Waals surface area contributed by atoms with Crippen molar-refractivity contribution in [2.45, 2.75) is 33.7 Å². The Hall–Kier alpha value is -2.10. The minimum absolute atomic E-state index is 0.106. The van der Waals surface area contributed by atoms with E-state index < -0.39 is 5.97 Å². The van der Waals surface area contributed by atoms with Gasteiger partial charge in [0.15, 0.2) is 0 Å². The fraction of sp³-hybridized carbons (Fsp3) is 0.375. The third-order valence-corrected chi connectivity index (χ3v) is 3.29. The van der Waals surface area contributed by atoms with E-state index in [1.807, 2.05) is 39.0 Å². The van der Waals surface area contributed by atoms with Crippen LogP contribution in [0.4, 0.5) is 0 Å². The molecule has 0 saturated heterocycles. The van der Waals surface area contributed by atoms with Crippen LogP contribution in [0.5, 0.6) is 0 Å². The van der Waals surface area contributed by atoms with Crippen molar-refractivity contribution >= 4 is 16.7 Å². The molecular formula is C16H19NO3. The van der Waals surface area contributed by atoms with Gasteiger partial charge in [-0.2, -0.15) is 0 Å². The van der Waals surface area contributed by atoms with Crippen LogP contribution in [0.2, 0.25) is 0 Å². The zero-order chi connectivity index (χ0) is 14.9. The predicted octanol–water partition coefficient (Wildman–Crippen LogP) is 3.07. The number of nitrogens with zero attached hydrogens (tertiary/aromatic N) is 1. The van der Waals surface area contributed by atoms with Crippen LogP contribution in [0.1, 0.15) is 42.9 Å². The first-order valence-electron chi connectivity index (χ1n) is 6.79. The molecule has 0 unspecified atom stereocenters. The van der Waals surface area contributed by atoms with E-state index in [9.17, 15) is 9.59 Å². The zero-order valence-electron chi connectivity index (χ0n) is 12.3. The Kier molecular flexibility index (Phi) is 3.93. The highest BCUT2D eigenvalue weighted by molar-refractivity contribution is 5.94. The highest BCUT2D eigenvalue weighted by Crippen LogP contribution is 2.19. The first-order chi connectivity index (χ1) is 9.47. The highest BCUT2D eigenvalue weighted by atomic mass is 16.5. The summed E-state index contributed by atoms with van der Waals surface area (Å²) in [7, 11) is 0. The van der Waals surface area contributed by atoms with Crippen molar-refractivity contribution < 1.29 is 9.53 Å². The standard InChI is InChI=1S/C16H19NO3/c1-5-20-16(19)13-9-12-8-6-7-11(4)14(12)15(18)17(13)10(2)3/h6-10H,5H2,1-4H3. The van der Waals surface area contributed by atoms with Gasteiger partial charge in [0.05, 0.1) is 12.0 Å². The largest absolute Gasteiger partial charge is 0.461 e. The van der Waals surface area contributed by atoms with Crippen LogP contribution in [0.3, 0.4) is 0 Å². The third-order valence-electron chi connectivity index (χ3n) is 3.29. The fourth-order valence-corrected chi connectivity index (χ4v) is 2.42. The van der Waals surface area contributed by atoms with E-state index in [2.05, 4.69) is 0 Å². The molecule has 2 rings (SSSR count). The number of aryl methyl sites for hydroxylation is 1. The molecule has 0 spiro atoms. The van der Waals surface area contributed by atoms with Gasteiger partial charge in [0.1, 0.15) is 5.69 Å². The molecule has 1 aromatic heterocycles. The summed E-state index contributed by atoms with van der Waals surface area (Å²) in [6.07, 6.45) is 0. The van der Waals surface area contributed by atoms with Gasteiger partial charge in [0.25, 0.3) is 5.56 Å². The molecule has 0 aliphatic heterocycles. The van der Waals surface area contributed by atoms with Crippen molar-refractivity contribution in [3.8, 4) is 0 Å². The Balaban J connectivity index is 2.84. The first-order valence-corrected chi connectivity index (χ1v) is 6.79. The van der Waals surface area contributed by atoms with Gasteiger partial charge in [-0.25, -0.2) is 4.79 Å². The number of hydrogen-bond donors (Lipinski definition) is 0. The van der Waals surface area contributed by atoms with Gasteiger partial charge in [-0.1, -0.05) is 18.2 Å². The fourth-order valence-electron chi connectivity index (χ4n) is 2.42. The van der Waals surface area contributed by atoms with Crippen molar-refractivity contribution in [3.63, 3.8) is 0 Å². The van der Waals surface area contributed by atoms with E-state index >= 15 is 0 Å². The van der Waals surface area contributed by atoms with Gasteiger partial charge in [-0.05, 0) is 44.7 Å². The van der Waals surface area contributed by atoms with Gasteiger partial charge in [0.2, 0.25) is 0 Å². The summed E-state index contributed by atoms with van der Waals surface area (Å²) in [5.41, 5.74) is 1.08. The molecule has 20 heavy (non-hydrogen) atoms. The van der Waals surface area contributed by atoms with Gasteiger partial charge >= 0.3 is 5.97 Å². The molecule has 0 amide bonds. The van der Waals surface area contributed by atoms with Crippen LogP contribution in [-0.2, 0) is 4.74 Å². The minimum Gasteiger partial charge on any atom is -0.461 e. The molecule has 0 saturated carbocycles. The van der Waals surface area contributed by atoms with Crippen molar-refractivity contribution in [1.29, 1.82) is 0 Å². The van der Waals surface area contributed by atoms with Crippen LogP contribution < -0.4 is 5.56 Å². The van der Waals surface area contributed by atoms with Gasteiger partial charge in [-0.15, -0.1) is 0 Å². The van der Waals surface area contributed by atoms with E-state index in [0.717, 1.165) is 10.9 Å². The molecule has 0 aliphatic rings. The number of esters is 1. The Morgan fingerprint density at radius 1 is 1.35 bits per heavy atom. The topological polar surface area (TPSA) is 48.3 Å². The molecule has 106 valence electrons. The molecule has 2 aromatic rings. The van der Waals surface area contributed by atoms with Gasteiger partial charge < -0.3 is 4.74 Å². The average molecular weight is 273 g/mol. The predicted molar refractivity (Wildman–Crippen MR) is 79.3 cm³/mol. The van der Waals surface area contributed by atoms with Crippen LogP contribution in [-0.4, -0.2) is 17.1 Å². The molecule has 1 heterocycles. The van der Waals surface area contributed by atoms with Crippen molar-refractivity contribution in [2.75, 3.05) is 6.61 Å². The summed E-state index contributed by atoms with van der Waals surface area (Å²) < 4.78 is 6.56. The minimum atomic E-state index is -0.457. The summed E-state index contributed by atoms with van der Waals surface area (Å²) in [6, 6.07) is 7.26. The summed E-state index contributed by atoms with van der Waals surface area (Å²) in [6.45, 7) is 7.71. The SMILES string of the molecule is CCOC(=O)c1cc2cccc(C)c2c(=O)n1C(C)C. The Bertz CT molecular complexity index is 713. The lowest BCUT2D eigenvalue weighted by Gasteiger charge is -2.17. The van der Waals surface area contributed by atoms with Crippen LogP contribution in [0.15, 0.2) is 29.1 Å². The van der Waals surface area contributed by atoms with Gasteiger partial charge in [-0.3, -0.25) is 9.36 Å². The molecule has 0 atom stereocenters. The number of carbonyl (C=O) groups is 1. The number of rotatable bonds is 3. The molecule has 0 N–H and O–H groups in total. The lowest BCUT2D eigenvalue weighted by Crippen LogP contribution is -2.29. The van der Waals surface area contributed by atoms with E-state index in [1.54, 1.807) is 13.0 Å². The molecular weight excluding hydrogens is 254 g/mol. The van der Waals surface area contributed by atoms with Crippen molar-refractivity contribution in [1.82, 2.24) is 4.57 Å². The molecule has 0 radical (unpaired) electrons. The summed E-state index contributed by atoms with van der Waals surface area (Å²) in [5.74, 6) is -0.457. The second-order valence-electron chi connectivity index (χ2n) is 5.06. The van der Waals surface area contributed by atoms with E-state index in [-0.39, 0.29) is 18.2 Å². The van der Waals surface area contributed by atoms with Crippen LogP contribution in [0, 0.1) is 6.92 Å². The number of aromatic nitrogens is 1. The molecule has 0 bridgehead atoms. The summed E-state index contributed by atoms with van der Waals surface area (Å²) in [4.78, 5) is 24.7. The van der Waals surface area contributed by atoms with Crippen molar-refractivity contribution in [2.24, 2.45) is 0 Å². The number of hydrogen-bond acceptors (Lipinski definition) is 3. The Labute approximate surface area is 118 Å². The van der Waals surface area contributed by atoms with Crippen LogP contribution >= 0.6 is 0 Å². The molecule has 4 heteroatoms. The lowest BCUT2D eigenvalue weighted by atomic mass is 10.1. The highest BCUT2D eigenvalue weighted by Gasteiger charge is 2.19. The number of pyridine rings is 1. The van der Waals surface area contributed by atoms with E-state index in [4.69, 9.17) is 4.74 Å². The molecule has 1 aromatic carbocycles. The average Bonchev–Trinajstić information content (AvgIpc) is 2.38. The number of carbonyl (C=O) groups excluding carboxylic acids is 1. The number of benzene rings is 1. The monoisotopic (exact) mass is 273 g/mol. The molecule has 4 nitrogen and oxygen atoms in total. The number of ether oxygens (including phenoxy) is 1. The Morgan fingerprint density at radius 2 is 2.05 bits per heavy atom. The van der Waals surface area contributed by atoms with E-state index in [1.165, 1.54) is 4.57 Å². The second-order valence-corrected chi connectivity index (χ2v) is 5.06. The van der Waals surface area contributed by atoms with E-state index in [0.29, 0.717) is 11.1 Å². The second kappa shape index (κ2) is 5.49. The van der Waals surface area contributed by atoms with Crippen molar-refractivity contribution in [3.05, 3.63) is 45.9 Å². The Morgan fingerprint density at radius 3 is 2.65 bits per heavy atom. The van der Waals surface area contributed by atoms with Crippen LogP contribution in [0.25, 0.3) is 10.8 Å². The maximum Gasteiger partial charge on any atom is 0.355 e. The van der Waals surface area contributed by atoms with Gasteiger partial charge in [0, 0.05) is 6.04 Å². The summed E-state index contributed by atoms with van der Waals surface area (Å²) >= 11 is 0. The lowest BCUT2D eigenvalue weighted by molar-refractivity contribution is 0.0510. The number of fused-ring (bicyclic) bond motifs is 1.